The number of aryl methyl sites for hydroxylation is 1. The maximum atomic E-state index is 11.2. The summed E-state index contributed by atoms with van der Waals surface area (Å²) >= 11 is 0. The molecule has 0 spiro atoms. The minimum Gasteiger partial charge on any atom is -0.338 e. The van der Waals surface area contributed by atoms with E-state index >= 15 is 0 Å². The van der Waals surface area contributed by atoms with E-state index in [4.69, 9.17) is 0 Å². The molecule has 4 heteroatoms. The Labute approximate surface area is 83.0 Å². The van der Waals surface area contributed by atoms with Gasteiger partial charge in [0.1, 0.15) is 6.33 Å². The highest BCUT2D eigenvalue weighted by atomic mass is 16.2. The minimum absolute atomic E-state index is 0.124. The summed E-state index contributed by atoms with van der Waals surface area (Å²) in [5.41, 5.74) is 3.20. The van der Waals surface area contributed by atoms with Crippen LogP contribution in [0.2, 0.25) is 0 Å². The summed E-state index contributed by atoms with van der Waals surface area (Å²) in [6, 6.07) is 0. The average molecular weight is 191 g/mol. The lowest BCUT2D eigenvalue weighted by Crippen LogP contribution is -2.35. The van der Waals surface area contributed by atoms with Crippen molar-refractivity contribution in [1.29, 1.82) is 0 Å². The molecule has 0 saturated carbocycles. The topological polar surface area (TPSA) is 46.1 Å². The lowest BCUT2D eigenvalue weighted by Gasteiger charge is -2.27. The van der Waals surface area contributed by atoms with E-state index < -0.39 is 0 Å². The van der Waals surface area contributed by atoms with Crippen LogP contribution in [-0.4, -0.2) is 27.3 Å². The molecule has 1 aliphatic rings. The number of rotatable bonds is 0. The second-order valence-corrected chi connectivity index (χ2v) is 3.57. The maximum Gasteiger partial charge on any atom is 0.219 e. The molecule has 14 heavy (non-hydrogen) atoms. The number of aromatic nitrogens is 2. The molecule has 0 N–H and O–H groups in total. The van der Waals surface area contributed by atoms with Gasteiger partial charge in [0.2, 0.25) is 5.91 Å². The van der Waals surface area contributed by atoms with E-state index in [9.17, 15) is 4.79 Å². The largest absolute Gasteiger partial charge is 0.338 e. The molecular weight excluding hydrogens is 178 g/mol. The molecule has 0 atom stereocenters. The number of hydrogen-bond acceptors (Lipinski definition) is 3. The van der Waals surface area contributed by atoms with E-state index in [0.717, 1.165) is 29.9 Å². The zero-order valence-corrected chi connectivity index (χ0v) is 8.45. The second kappa shape index (κ2) is 3.36. The molecule has 2 heterocycles. The van der Waals surface area contributed by atoms with Gasteiger partial charge in [0, 0.05) is 37.7 Å². The third-order valence-electron chi connectivity index (χ3n) is 2.66. The van der Waals surface area contributed by atoms with Crippen LogP contribution < -0.4 is 0 Å². The van der Waals surface area contributed by atoms with Crippen molar-refractivity contribution in [3.05, 3.63) is 23.3 Å². The van der Waals surface area contributed by atoms with Crippen LogP contribution in [0.15, 0.2) is 6.33 Å². The van der Waals surface area contributed by atoms with Crippen molar-refractivity contribution in [2.45, 2.75) is 26.8 Å². The van der Waals surface area contributed by atoms with Gasteiger partial charge in [-0.1, -0.05) is 0 Å². The Balaban J connectivity index is 2.33. The molecule has 74 valence electrons. The lowest BCUT2D eigenvalue weighted by atomic mass is 10.0. The smallest absolute Gasteiger partial charge is 0.219 e. The fourth-order valence-corrected chi connectivity index (χ4v) is 1.75. The van der Waals surface area contributed by atoms with E-state index in [-0.39, 0.29) is 5.91 Å². The summed E-state index contributed by atoms with van der Waals surface area (Å²) in [5.74, 6) is 0.124. The van der Waals surface area contributed by atoms with Crippen LogP contribution in [0.1, 0.15) is 23.9 Å². The molecule has 0 aromatic carbocycles. The standard InChI is InChI=1S/C10H13N3O/c1-7-9-5-13(8(2)14)4-3-10(9)12-6-11-7/h6H,3-5H2,1-2H3. The fraction of sp³-hybridized carbons (Fsp3) is 0.500. The number of carbonyl (C=O) groups excluding carboxylic acids is 1. The Kier molecular flexibility index (Phi) is 2.19. The zero-order valence-electron chi connectivity index (χ0n) is 8.45. The number of hydrogen-bond donors (Lipinski definition) is 0. The van der Waals surface area contributed by atoms with Crippen molar-refractivity contribution in [2.24, 2.45) is 0 Å². The van der Waals surface area contributed by atoms with Crippen LogP contribution in [-0.2, 0) is 17.8 Å². The highest BCUT2D eigenvalue weighted by Crippen LogP contribution is 2.18. The lowest BCUT2D eigenvalue weighted by molar-refractivity contribution is -0.129. The first kappa shape index (κ1) is 9.12. The predicted molar refractivity (Wildman–Crippen MR) is 51.6 cm³/mol. The van der Waals surface area contributed by atoms with E-state index in [0.29, 0.717) is 6.54 Å². The molecule has 4 nitrogen and oxygen atoms in total. The van der Waals surface area contributed by atoms with Crippen LogP contribution in [0.3, 0.4) is 0 Å². The normalized spacial score (nSPS) is 15.1. The number of amides is 1. The second-order valence-electron chi connectivity index (χ2n) is 3.57. The van der Waals surface area contributed by atoms with Crippen molar-refractivity contribution in [1.82, 2.24) is 14.9 Å². The third-order valence-corrected chi connectivity index (χ3v) is 2.66. The summed E-state index contributed by atoms with van der Waals surface area (Å²) < 4.78 is 0. The highest BCUT2D eigenvalue weighted by molar-refractivity contribution is 5.73. The van der Waals surface area contributed by atoms with E-state index in [1.54, 1.807) is 13.3 Å². The van der Waals surface area contributed by atoms with Crippen LogP contribution >= 0.6 is 0 Å². The summed E-state index contributed by atoms with van der Waals surface area (Å²) in [4.78, 5) is 21.4. The van der Waals surface area contributed by atoms with Gasteiger partial charge >= 0.3 is 0 Å². The number of nitrogens with zero attached hydrogens (tertiary/aromatic N) is 3. The number of fused-ring (bicyclic) bond motifs is 1. The molecule has 1 aromatic heterocycles. The predicted octanol–water partition coefficient (Wildman–Crippen LogP) is 0.690. The Morgan fingerprint density at radius 3 is 3.00 bits per heavy atom. The van der Waals surface area contributed by atoms with Crippen molar-refractivity contribution >= 4 is 5.91 Å². The van der Waals surface area contributed by atoms with Crippen molar-refractivity contribution in [3.8, 4) is 0 Å². The Bertz CT molecular complexity index is 376. The van der Waals surface area contributed by atoms with Crippen LogP contribution in [0.5, 0.6) is 0 Å². The summed E-state index contributed by atoms with van der Waals surface area (Å²) in [7, 11) is 0. The van der Waals surface area contributed by atoms with Crippen molar-refractivity contribution < 1.29 is 4.79 Å². The van der Waals surface area contributed by atoms with Crippen LogP contribution in [0.4, 0.5) is 0 Å². The van der Waals surface area contributed by atoms with Crippen LogP contribution in [0.25, 0.3) is 0 Å². The molecule has 0 radical (unpaired) electrons. The van der Waals surface area contributed by atoms with E-state index in [2.05, 4.69) is 9.97 Å². The monoisotopic (exact) mass is 191 g/mol. The Morgan fingerprint density at radius 1 is 1.50 bits per heavy atom. The summed E-state index contributed by atoms with van der Waals surface area (Å²) in [6.07, 6.45) is 2.44. The summed E-state index contributed by atoms with van der Waals surface area (Å²) in [6.45, 7) is 5.00. The summed E-state index contributed by atoms with van der Waals surface area (Å²) in [5, 5.41) is 0. The molecule has 0 aliphatic carbocycles. The molecule has 2 rings (SSSR count). The van der Waals surface area contributed by atoms with Gasteiger partial charge in [-0.05, 0) is 6.92 Å². The first-order chi connectivity index (χ1) is 6.68. The molecular formula is C10H13N3O. The first-order valence-corrected chi connectivity index (χ1v) is 4.73. The SMILES string of the molecule is CC(=O)N1CCc2ncnc(C)c2C1. The van der Waals surface area contributed by atoms with Gasteiger partial charge in [-0.25, -0.2) is 9.97 Å². The quantitative estimate of drug-likeness (QED) is 0.606. The van der Waals surface area contributed by atoms with Gasteiger partial charge < -0.3 is 4.90 Å². The molecule has 1 aliphatic heterocycles. The average Bonchev–Trinajstić information content (AvgIpc) is 2.18. The molecule has 0 unspecified atom stereocenters. The first-order valence-electron chi connectivity index (χ1n) is 4.73. The molecule has 0 fully saturated rings. The van der Waals surface area contributed by atoms with Gasteiger partial charge in [-0.2, -0.15) is 0 Å². The third kappa shape index (κ3) is 1.47. The van der Waals surface area contributed by atoms with Gasteiger partial charge in [0.15, 0.2) is 0 Å². The molecule has 1 aromatic rings. The Morgan fingerprint density at radius 2 is 2.29 bits per heavy atom. The molecule has 1 amide bonds. The minimum atomic E-state index is 0.124. The highest BCUT2D eigenvalue weighted by Gasteiger charge is 2.20. The molecule has 0 bridgehead atoms. The van der Waals surface area contributed by atoms with Gasteiger partial charge in [0.05, 0.1) is 5.69 Å². The van der Waals surface area contributed by atoms with Gasteiger partial charge in [-0.15, -0.1) is 0 Å². The van der Waals surface area contributed by atoms with Gasteiger partial charge in [-0.3, -0.25) is 4.79 Å². The zero-order chi connectivity index (χ0) is 10.1. The molecule has 0 saturated heterocycles. The van der Waals surface area contributed by atoms with E-state index in [1.165, 1.54) is 0 Å². The fourth-order valence-electron chi connectivity index (χ4n) is 1.75. The Hall–Kier alpha value is -1.45. The van der Waals surface area contributed by atoms with Crippen molar-refractivity contribution in [2.75, 3.05) is 6.54 Å². The van der Waals surface area contributed by atoms with Crippen molar-refractivity contribution in [3.63, 3.8) is 0 Å². The van der Waals surface area contributed by atoms with Gasteiger partial charge in [0.25, 0.3) is 0 Å². The maximum absolute atomic E-state index is 11.2. The van der Waals surface area contributed by atoms with E-state index in [1.807, 2.05) is 11.8 Å². The van der Waals surface area contributed by atoms with Crippen LogP contribution in [0, 0.1) is 6.92 Å². The number of carbonyl (C=O) groups is 1.